The predicted octanol–water partition coefficient (Wildman–Crippen LogP) is 2.24. The van der Waals surface area contributed by atoms with Crippen LogP contribution in [0.15, 0.2) is 30.3 Å². The summed E-state index contributed by atoms with van der Waals surface area (Å²) in [5.41, 5.74) is 1.06. The number of nitrogens with zero attached hydrogens (tertiary/aromatic N) is 1. The van der Waals surface area contributed by atoms with Gasteiger partial charge in [0.25, 0.3) is 0 Å². The topological polar surface area (TPSA) is 29.5 Å². The third-order valence-corrected chi connectivity index (χ3v) is 2.32. The average molecular weight is 221 g/mol. The van der Waals surface area contributed by atoms with Gasteiger partial charge in [-0.25, -0.2) is 0 Å². The van der Waals surface area contributed by atoms with Gasteiger partial charge in [-0.05, 0) is 19.7 Å². The van der Waals surface area contributed by atoms with E-state index in [0.717, 1.165) is 18.5 Å². The van der Waals surface area contributed by atoms with Crippen molar-refractivity contribution in [3.05, 3.63) is 35.9 Å². The maximum absolute atomic E-state index is 11.0. The molecule has 0 heterocycles. The van der Waals surface area contributed by atoms with Gasteiger partial charge in [0.15, 0.2) is 0 Å². The zero-order valence-corrected chi connectivity index (χ0v) is 10.1. The molecule has 0 N–H and O–H groups in total. The van der Waals surface area contributed by atoms with Gasteiger partial charge in [-0.3, -0.25) is 4.79 Å². The van der Waals surface area contributed by atoms with Crippen LogP contribution >= 0.6 is 0 Å². The van der Waals surface area contributed by atoms with E-state index in [0.29, 0.717) is 0 Å². The number of hydrogen-bond donors (Lipinski definition) is 0. The number of benzene rings is 1. The summed E-state index contributed by atoms with van der Waals surface area (Å²) in [5.74, 6) is -0.229. The molecular weight excluding hydrogens is 202 g/mol. The maximum atomic E-state index is 11.0. The van der Waals surface area contributed by atoms with Gasteiger partial charge in [0.05, 0.1) is 0 Å². The molecule has 16 heavy (non-hydrogen) atoms. The molecule has 1 unspecified atom stereocenters. The number of hydrogen-bond acceptors (Lipinski definition) is 3. The summed E-state index contributed by atoms with van der Waals surface area (Å²) < 4.78 is 5.32. The second-order valence-electron chi connectivity index (χ2n) is 4.10. The standard InChI is InChI=1S/C13H19NO2/c1-11(15)16-13(9-10-14(2)3)12-7-5-4-6-8-12/h4-8,13H,9-10H2,1-3H3. The molecule has 0 aliphatic carbocycles. The van der Waals surface area contributed by atoms with Gasteiger partial charge in [-0.1, -0.05) is 30.3 Å². The van der Waals surface area contributed by atoms with Crippen molar-refractivity contribution in [2.75, 3.05) is 20.6 Å². The number of esters is 1. The highest BCUT2D eigenvalue weighted by molar-refractivity contribution is 5.66. The van der Waals surface area contributed by atoms with E-state index in [1.165, 1.54) is 6.92 Å². The van der Waals surface area contributed by atoms with E-state index < -0.39 is 0 Å². The predicted molar refractivity (Wildman–Crippen MR) is 64.1 cm³/mol. The van der Waals surface area contributed by atoms with Crippen molar-refractivity contribution in [2.45, 2.75) is 19.4 Å². The molecule has 1 rings (SSSR count). The first-order valence-electron chi connectivity index (χ1n) is 5.46. The zero-order valence-electron chi connectivity index (χ0n) is 10.1. The Hall–Kier alpha value is -1.35. The molecule has 0 aliphatic heterocycles. The van der Waals surface area contributed by atoms with E-state index in [-0.39, 0.29) is 12.1 Å². The van der Waals surface area contributed by atoms with Crippen molar-refractivity contribution < 1.29 is 9.53 Å². The first-order chi connectivity index (χ1) is 7.59. The van der Waals surface area contributed by atoms with Crippen LogP contribution in [-0.2, 0) is 9.53 Å². The monoisotopic (exact) mass is 221 g/mol. The Balaban J connectivity index is 2.67. The molecule has 0 bridgehead atoms. The Morgan fingerprint density at radius 3 is 2.44 bits per heavy atom. The number of carbonyl (C=O) groups is 1. The summed E-state index contributed by atoms with van der Waals surface area (Å²) in [7, 11) is 4.02. The SMILES string of the molecule is CC(=O)OC(CCN(C)C)c1ccccc1. The molecule has 0 saturated carbocycles. The normalized spacial score (nSPS) is 12.5. The quantitative estimate of drug-likeness (QED) is 0.714. The summed E-state index contributed by atoms with van der Waals surface area (Å²) in [5, 5.41) is 0. The van der Waals surface area contributed by atoms with Crippen LogP contribution in [0.1, 0.15) is 25.0 Å². The van der Waals surface area contributed by atoms with E-state index in [4.69, 9.17) is 4.74 Å². The second kappa shape index (κ2) is 6.28. The van der Waals surface area contributed by atoms with Gasteiger partial charge in [-0.15, -0.1) is 0 Å². The molecule has 0 amide bonds. The Morgan fingerprint density at radius 2 is 1.94 bits per heavy atom. The van der Waals surface area contributed by atoms with Crippen molar-refractivity contribution in [3.63, 3.8) is 0 Å². The number of carbonyl (C=O) groups excluding carboxylic acids is 1. The fourth-order valence-corrected chi connectivity index (χ4v) is 1.54. The highest BCUT2D eigenvalue weighted by Gasteiger charge is 2.14. The van der Waals surface area contributed by atoms with Crippen molar-refractivity contribution in [2.24, 2.45) is 0 Å². The van der Waals surface area contributed by atoms with Crippen LogP contribution in [0.5, 0.6) is 0 Å². The minimum Gasteiger partial charge on any atom is -0.458 e. The lowest BCUT2D eigenvalue weighted by molar-refractivity contribution is -0.147. The van der Waals surface area contributed by atoms with Crippen molar-refractivity contribution in [3.8, 4) is 0 Å². The van der Waals surface area contributed by atoms with Crippen LogP contribution < -0.4 is 0 Å². The lowest BCUT2D eigenvalue weighted by Crippen LogP contribution is -2.18. The van der Waals surface area contributed by atoms with Crippen LogP contribution in [0.25, 0.3) is 0 Å². The lowest BCUT2D eigenvalue weighted by atomic mass is 10.1. The van der Waals surface area contributed by atoms with E-state index >= 15 is 0 Å². The molecule has 0 fully saturated rings. The van der Waals surface area contributed by atoms with Gasteiger partial charge < -0.3 is 9.64 Å². The highest BCUT2D eigenvalue weighted by Crippen LogP contribution is 2.21. The van der Waals surface area contributed by atoms with Crippen molar-refractivity contribution >= 4 is 5.97 Å². The molecule has 1 aromatic rings. The van der Waals surface area contributed by atoms with Gasteiger partial charge in [-0.2, -0.15) is 0 Å². The minimum atomic E-state index is -0.229. The smallest absolute Gasteiger partial charge is 0.303 e. The molecular formula is C13H19NO2. The molecule has 3 nitrogen and oxygen atoms in total. The third-order valence-electron chi connectivity index (χ3n) is 2.32. The van der Waals surface area contributed by atoms with Crippen molar-refractivity contribution in [1.82, 2.24) is 4.90 Å². The minimum absolute atomic E-state index is 0.138. The van der Waals surface area contributed by atoms with E-state index in [1.54, 1.807) is 0 Å². The summed E-state index contributed by atoms with van der Waals surface area (Å²) >= 11 is 0. The van der Waals surface area contributed by atoms with E-state index in [1.807, 2.05) is 44.4 Å². The largest absolute Gasteiger partial charge is 0.458 e. The van der Waals surface area contributed by atoms with Gasteiger partial charge in [0.1, 0.15) is 6.10 Å². The molecule has 1 atom stereocenters. The number of rotatable bonds is 5. The molecule has 1 aromatic carbocycles. The Bertz CT molecular complexity index is 322. The Morgan fingerprint density at radius 1 is 1.31 bits per heavy atom. The van der Waals surface area contributed by atoms with Crippen LogP contribution in [-0.4, -0.2) is 31.5 Å². The van der Waals surface area contributed by atoms with Crippen LogP contribution in [0.4, 0.5) is 0 Å². The number of ether oxygens (including phenoxy) is 1. The Labute approximate surface area is 97.0 Å². The first-order valence-corrected chi connectivity index (χ1v) is 5.46. The third kappa shape index (κ3) is 4.45. The molecule has 0 aliphatic rings. The van der Waals surface area contributed by atoms with Crippen LogP contribution in [0.3, 0.4) is 0 Å². The van der Waals surface area contributed by atoms with Crippen molar-refractivity contribution in [1.29, 1.82) is 0 Å². The molecule has 0 spiro atoms. The molecule has 0 saturated heterocycles. The van der Waals surface area contributed by atoms with Gasteiger partial charge >= 0.3 is 5.97 Å². The van der Waals surface area contributed by atoms with E-state index in [9.17, 15) is 4.79 Å². The Kier molecular flexibility index (Phi) is 4.99. The molecule has 0 aromatic heterocycles. The first kappa shape index (κ1) is 12.7. The zero-order chi connectivity index (χ0) is 12.0. The lowest BCUT2D eigenvalue weighted by Gasteiger charge is -2.19. The van der Waals surface area contributed by atoms with Crippen LogP contribution in [0, 0.1) is 0 Å². The fourth-order valence-electron chi connectivity index (χ4n) is 1.54. The second-order valence-corrected chi connectivity index (χ2v) is 4.10. The molecule has 88 valence electrons. The summed E-state index contributed by atoms with van der Waals surface area (Å²) in [4.78, 5) is 13.1. The highest BCUT2D eigenvalue weighted by atomic mass is 16.5. The van der Waals surface area contributed by atoms with Gasteiger partial charge in [0.2, 0.25) is 0 Å². The average Bonchev–Trinajstić information content (AvgIpc) is 2.25. The van der Waals surface area contributed by atoms with E-state index in [2.05, 4.69) is 4.90 Å². The van der Waals surface area contributed by atoms with Crippen LogP contribution in [0.2, 0.25) is 0 Å². The summed E-state index contributed by atoms with van der Waals surface area (Å²) in [6.07, 6.45) is 0.678. The summed E-state index contributed by atoms with van der Waals surface area (Å²) in [6, 6.07) is 9.86. The molecule has 3 heteroatoms. The fraction of sp³-hybridized carbons (Fsp3) is 0.462. The van der Waals surface area contributed by atoms with Gasteiger partial charge in [0, 0.05) is 19.9 Å². The molecule has 0 radical (unpaired) electrons. The summed E-state index contributed by atoms with van der Waals surface area (Å²) in [6.45, 7) is 2.35. The maximum Gasteiger partial charge on any atom is 0.303 e.